The summed E-state index contributed by atoms with van der Waals surface area (Å²) in [6.07, 6.45) is -1.15. The molecular weight excluding hydrogens is 507 g/mol. The van der Waals surface area contributed by atoms with Gasteiger partial charge in [0.15, 0.2) is 0 Å². The number of anilines is 1. The number of nitrogens with one attached hydrogen (secondary N) is 2. The van der Waals surface area contributed by atoms with E-state index < -0.39 is 17.6 Å². The summed E-state index contributed by atoms with van der Waals surface area (Å²) in [7, 11) is 0. The van der Waals surface area contributed by atoms with Gasteiger partial charge in [-0.15, -0.1) is 0 Å². The lowest BCUT2D eigenvalue weighted by Crippen LogP contribution is -2.42. The SMILES string of the molecule is CC.O=C(Nc1nc2cc(CN3CCNCC3)ccc2n1C1CCC(CO)CC1)c1cccc(C(F)(F)F)c1. The normalized spacial score (nSPS) is 20.4. The van der Waals surface area contributed by atoms with E-state index in [4.69, 9.17) is 4.98 Å². The maximum atomic E-state index is 13.2. The van der Waals surface area contributed by atoms with Crippen molar-refractivity contribution in [3.05, 3.63) is 59.2 Å². The van der Waals surface area contributed by atoms with Crippen LogP contribution in [0.25, 0.3) is 11.0 Å². The maximum Gasteiger partial charge on any atom is 0.416 e. The number of alkyl halides is 3. The first-order valence-corrected chi connectivity index (χ1v) is 13.8. The van der Waals surface area contributed by atoms with Crippen LogP contribution in [-0.4, -0.2) is 58.3 Å². The van der Waals surface area contributed by atoms with Crippen molar-refractivity contribution in [2.75, 3.05) is 38.1 Å². The number of benzene rings is 2. The fourth-order valence-electron chi connectivity index (χ4n) is 5.42. The van der Waals surface area contributed by atoms with Gasteiger partial charge in [-0.25, -0.2) is 4.98 Å². The minimum atomic E-state index is -4.53. The van der Waals surface area contributed by atoms with Crippen molar-refractivity contribution >= 4 is 22.9 Å². The Labute approximate surface area is 227 Å². The minimum absolute atomic E-state index is 0.0724. The highest BCUT2D eigenvalue weighted by Gasteiger charge is 2.31. The number of aromatic nitrogens is 2. The molecule has 0 radical (unpaired) electrons. The summed E-state index contributed by atoms with van der Waals surface area (Å²) in [4.78, 5) is 20.2. The summed E-state index contributed by atoms with van der Waals surface area (Å²) in [5, 5.41) is 15.7. The Kier molecular flexibility index (Phi) is 9.63. The minimum Gasteiger partial charge on any atom is -0.396 e. The van der Waals surface area contributed by atoms with Gasteiger partial charge in [0.1, 0.15) is 0 Å². The van der Waals surface area contributed by atoms with Gasteiger partial charge in [0, 0.05) is 50.9 Å². The third-order valence-corrected chi connectivity index (χ3v) is 7.49. The van der Waals surface area contributed by atoms with Crippen molar-refractivity contribution in [1.29, 1.82) is 0 Å². The van der Waals surface area contributed by atoms with Crippen LogP contribution in [0.1, 0.15) is 67.1 Å². The Morgan fingerprint density at radius 3 is 2.46 bits per heavy atom. The van der Waals surface area contributed by atoms with Gasteiger partial charge in [-0.05, 0) is 67.5 Å². The lowest BCUT2D eigenvalue weighted by molar-refractivity contribution is -0.137. The number of halogens is 3. The Balaban J connectivity index is 0.00000172. The van der Waals surface area contributed by atoms with Crippen molar-refractivity contribution in [1.82, 2.24) is 19.8 Å². The molecule has 1 amide bonds. The number of amides is 1. The molecule has 3 N–H and O–H groups in total. The number of nitrogens with zero attached hydrogens (tertiary/aromatic N) is 3. The van der Waals surface area contributed by atoms with E-state index >= 15 is 0 Å². The highest BCUT2D eigenvalue weighted by Crippen LogP contribution is 2.37. The molecule has 7 nitrogen and oxygen atoms in total. The fourth-order valence-corrected chi connectivity index (χ4v) is 5.42. The zero-order chi connectivity index (χ0) is 28.0. The molecule has 212 valence electrons. The van der Waals surface area contributed by atoms with Gasteiger partial charge in [0.2, 0.25) is 5.95 Å². The summed E-state index contributed by atoms with van der Waals surface area (Å²) in [5.74, 6) is -0.0308. The zero-order valence-electron chi connectivity index (χ0n) is 22.6. The number of imidazole rings is 1. The lowest BCUT2D eigenvalue weighted by Gasteiger charge is -2.30. The molecule has 0 atom stereocenters. The molecule has 5 rings (SSSR count). The van der Waals surface area contributed by atoms with E-state index in [1.165, 1.54) is 12.1 Å². The molecule has 3 aromatic rings. The predicted octanol–water partition coefficient (Wildman–Crippen LogP) is 5.46. The number of hydrogen-bond acceptors (Lipinski definition) is 5. The van der Waals surface area contributed by atoms with Gasteiger partial charge in [0.25, 0.3) is 5.91 Å². The van der Waals surface area contributed by atoms with Crippen molar-refractivity contribution in [3.8, 4) is 0 Å². The van der Waals surface area contributed by atoms with Gasteiger partial charge < -0.3 is 15.0 Å². The fraction of sp³-hybridized carbons (Fsp3) is 0.517. The van der Waals surface area contributed by atoms with E-state index in [-0.39, 0.29) is 24.1 Å². The number of carbonyl (C=O) groups is 1. The predicted molar refractivity (Wildman–Crippen MR) is 147 cm³/mol. The Hall–Kier alpha value is -2.95. The highest BCUT2D eigenvalue weighted by molar-refractivity contribution is 6.04. The average Bonchev–Trinajstić information content (AvgIpc) is 3.31. The molecule has 2 heterocycles. The summed E-state index contributed by atoms with van der Waals surface area (Å²) in [6.45, 7) is 8.82. The van der Waals surface area contributed by atoms with Gasteiger partial charge in [-0.3, -0.25) is 15.0 Å². The van der Waals surface area contributed by atoms with Crippen molar-refractivity contribution < 1.29 is 23.1 Å². The van der Waals surface area contributed by atoms with Crippen LogP contribution in [0.2, 0.25) is 0 Å². The first-order valence-electron chi connectivity index (χ1n) is 13.8. The van der Waals surface area contributed by atoms with Gasteiger partial charge in [-0.1, -0.05) is 26.0 Å². The van der Waals surface area contributed by atoms with Crippen LogP contribution in [0.5, 0.6) is 0 Å². The second-order valence-corrected chi connectivity index (χ2v) is 10.0. The molecule has 1 aromatic heterocycles. The average molecular weight is 546 g/mol. The third-order valence-electron chi connectivity index (χ3n) is 7.49. The number of piperazine rings is 1. The third kappa shape index (κ3) is 6.98. The number of carbonyl (C=O) groups excluding carboxylic acids is 1. The van der Waals surface area contributed by atoms with Crippen molar-refractivity contribution in [2.45, 2.75) is 58.3 Å². The molecule has 0 unspecified atom stereocenters. The Morgan fingerprint density at radius 1 is 1.08 bits per heavy atom. The van der Waals surface area contributed by atoms with Crippen molar-refractivity contribution in [3.63, 3.8) is 0 Å². The smallest absolute Gasteiger partial charge is 0.396 e. The number of fused-ring (bicyclic) bond motifs is 1. The zero-order valence-corrected chi connectivity index (χ0v) is 22.6. The van der Waals surface area contributed by atoms with Gasteiger partial charge in [-0.2, -0.15) is 13.2 Å². The molecule has 39 heavy (non-hydrogen) atoms. The van der Waals surface area contributed by atoms with E-state index in [1.807, 2.05) is 30.5 Å². The molecule has 2 fully saturated rings. The second kappa shape index (κ2) is 12.9. The van der Waals surface area contributed by atoms with E-state index in [2.05, 4.69) is 21.6 Å². The van der Waals surface area contributed by atoms with E-state index in [0.29, 0.717) is 5.95 Å². The van der Waals surface area contributed by atoms with Crippen LogP contribution in [0.4, 0.5) is 19.1 Å². The van der Waals surface area contributed by atoms with E-state index in [9.17, 15) is 23.1 Å². The lowest BCUT2D eigenvalue weighted by atomic mass is 9.86. The van der Waals surface area contributed by atoms with E-state index in [0.717, 1.165) is 87.1 Å². The summed E-state index contributed by atoms with van der Waals surface area (Å²) >= 11 is 0. The van der Waals surface area contributed by atoms with E-state index in [1.54, 1.807) is 0 Å². The first-order chi connectivity index (χ1) is 18.8. The van der Waals surface area contributed by atoms with Gasteiger partial charge >= 0.3 is 6.18 Å². The number of hydrogen-bond donors (Lipinski definition) is 3. The van der Waals surface area contributed by atoms with Crippen LogP contribution in [0.3, 0.4) is 0 Å². The van der Waals surface area contributed by atoms with Crippen LogP contribution in [0.15, 0.2) is 42.5 Å². The standard InChI is InChI=1S/C27H32F3N5O2.C2H6/c28-27(29,30)21-3-1-2-20(15-21)25(37)33-26-32-23-14-19(16-34-12-10-31-11-13-34)6-9-24(23)35(26)22-7-4-18(17-36)5-8-22;1-2/h1-3,6,9,14-15,18,22,31,36H,4-5,7-8,10-13,16-17H2,(H,32,33,37);1-2H3. The highest BCUT2D eigenvalue weighted by atomic mass is 19.4. The molecule has 1 aliphatic carbocycles. The van der Waals surface area contributed by atoms with Gasteiger partial charge in [0.05, 0.1) is 16.6 Å². The largest absolute Gasteiger partial charge is 0.416 e. The maximum absolute atomic E-state index is 13.2. The molecule has 1 saturated carbocycles. The molecular formula is C29H38F3N5O2. The molecule has 2 aromatic carbocycles. The molecule has 2 aliphatic rings. The quantitative estimate of drug-likeness (QED) is 0.383. The first kappa shape index (κ1) is 29.0. The summed E-state index contributed by atoms with van der Waals surface area (Å²) in [6, 6.07) is 10.6. The summed E-state index contributed by atoms with van der Waals surface area (Å²) in [5.41, 5.74) is 1.82. The monoisotopic (exact) mass is 545 g/mol. The number of aliphatic hydroxyl groups excluding tert-OH is 1. The second-order valence-electron chi connectivity index (χ2n) is 10.0. The van der Waals surface area contributed by atoms with Crippen LogP contribution >= 0.6 is 0 Å². The van der Waals surface area contributed by atoms with Crippen LogP contribution < -0.4 is 10.6 Å². The number of rotatable bonds is 6. The van der Waals surface area contributed by atoms with Crippen molar-refractivity contribution in [2.24, 2.45) is 5.92 Å². The van der Waals surface area contributed by atoms with Crippen LogP contribution in [0, 0.1) is 5.92 Å². The number of aliphatic hydroxyl groups is 1. The summed E-state index contributed by atoms with van der Waals surface area (Å²) < 4.78 is 41.6. The molecule has 0 bridgehead atoms. The molecule has 10 heteroatoms. The topological polar surface area (TPSA) is 82.4 Å². The Morgan fingerprint density at radius 2 is 1.79 bits per heavy atom. The molecule has 1 saturated heterocycles. The molecule has 0 spiro atoms. The Bertz CT molecular complexity index is 1250. The molecule has 1 aliphatic heterocycles. The van der Waals surface area contributed by atoms with Crippen LogP contribution in [-0.2, 0) is 12.7 Å².